The molecule has 2 aromatic carbocycles. The number of nitrogens with zero attached hydrogens (tertiary/aromatic N) is 1. The lowest BCUT2D eigenvalue weighted by Crippen LogP contribution is -2.26. The third-order valence-corrected chi connectivity index (χ3v) is 2.89. The third kappa shape index (κ3) is 3.03. The van der Waals surface area contributed by atoms with E-state index in [9.17, 15) is 9.18 Å². The number of nitrogen functional groups attached to an aromatic ring is 1. The predicted molar refractivity (Wildman–Crippen MR) is 75.0 cm³/mol. The Morgan fingerprint density at radius 2 is 2.00 bits per heavy atom. The Bertz CT molecular complexity index is 610. The average molecular weight is 279 g/mol. The number of carbonyl (C=O) groups excluding carboxylic acids is 1. The summed E-state index contributed by atoms with van der Waals surface area (Å²) in [7, 11) is 1.56. The van der Waals surface area contributed by atoms with E-state index in [1.165, 1.54) is 29.2 Å². The van der Waals surface area contributed by atoms with E-state index in [1.807, 2.05) is 0 Å². The fourth-order valence-corrected chi connectivity index (χ4v) is 1.98. The van der Waals surface area contributed by atoms with Crippen LogP contribution in [0.2, 0.25) is 5.02 Å². The van der Waals surface area contributed by atoms with Crippen LogP contribution in [-0.2, 0) is 0 Å². The summed E-state index contributed by atoms with van der Waals surface area (Å²) in [4.78, 5) is 13.6. The van der Waals surface area contributed by atoms with Crippen LogP contribution in [0.3, 0.4) is 0 Å². The molecule has 2 N–H and O–H groups in total. The zero-order valence-electron chi connectivity index (χ0n) is 10.2. The molecule has 98 valence electrons. The molecule has 0 fully saturated rings. The second-order valence-corrected chi connectivity index (χ2v) is 4.55. The Morgan fingerprint density at radius 1 is 1.26 bits per heavy atom. The zero-order chi connectivity index (χ0) is 14.0. The molecular weight excluding hydrogens is 267 g/mol. The first-order chi connectivity index (χ1) is 8.97. The molecule has 0 spiro atoms. The van der Waals surface area contributed by atoms with Crippen LogP contribution < -0.4 is 10.6 Å². The summed E-state index contributed by atoms with van der Waals surface area (Å²) >= 11 is 5.86. The Hall–Kier alpha value is -2.07. The quantitative estimate of drug-likeness (QED) is 0.857. The largest absolute Gasteiger partial charge is 0.399 e. The molecule has 5 heteroatoms. The molecule has 1 amide bonds. The molecule has 0 heterocycles. The van der Waals surface area contributed by atoms with Crippen LogP contribution in [0.4, 0.5) is 15.8 Å². The maximum Gasteiger partial charge on any atom is 0.258 e. The fourth-order valence-electron chi connectivity index (χ4n) is 1.73. The highest BCUT2D eigenvalue weighted by Gasteiger charge is 2.14. The molecule has 0 aliphatic carbocycles. The number of nitrogens with two attached hydrogens (primary N) is 1. The van der Waals surface area contributed by atoms with Crippen LogP contribution in [0, 0.1) is 5.82 Å². The number of hydrogen-bond acceptors (Lipinski definition) is 2. The van der Waals surface area contributed by atoms with E-state index in [0.29, 0.717) is 22.0 Å². The van der Waals surface area contributed by atoms with Crippen LogP contribution >= 0.6 is 11.6 Å². The van der Waals surface area contributed by atoms with Crippen molar-refractivity contribution in [2.24, 2.45) is 0 Å². The van der Waals surface area contributed by atoms with Gasteiger partial charge in [-0.3, -0.25) is 4.79 Å². The Morgan fingerprint density at radius 3 is 2.63 bits per heavy atom. The zero-order valence-corrected chi connectivity index (χ0v) is 11.0. The molecule has 0 aromatic heterocycles. The molecule has 0 atom stereocenters. The van der Waals surface area contributed by atoms with Gasteiger partial charge in [0.1, 0.15) is 5.82 Å². The van der Waals surface area contributed by atoms with Crippen molar-refractivity contribution < 1.29 is 9.18 Å². The Labute approximate surface area is 115 Å². The first-order valence-corrected chi connectivity index (χ1v) is 5.95. The van der Waals surface area contributed by atoms with Crippen molar-refractivity contribution in [3.05, 3.63) is 58.9 Å². The highest BCUT2D eigenvalue weighted by atomic mass is 35.5. The van der Waals surface area contributed by atoms with Gasteiger partial charge in [0.15, 0.2) is 0 Å². The SMILES string of the molecule is CN(C(=O)c1cc(N)cc(Cl)c1)c1cccc(F)c1. The van der Waals surface area contributed by atoms with Crippen molar-refractivity contribution >= 4 is 28.9 Å². The lowest BCUT2D eigenvalue weighted by Gasteiger charge is -2.17. The summed E-state index contributed by atoms with van der Waals surface area (Å²) in [6.07, 6.45) is 0. The van der Waals surface area contributed by atoms with Gasteiger partial charge in [-0.2, -0.15) is 0 Å². The third-order valence-electron chi connectivity index (χ3n) is 2.67. The minimum absolute atomic E-state index is 0.306. The maximum absolute atomic E-state index is 13.1. The van der Waals surface area contributed by atoms with Crippen LogP contribution in [0.25, 0.3) is 0 Å². The fraction of sp³-hybridized carbons (Fsp3) is 0.0714. The van der Waals surface area contributed by atoms with Crippen LogP contribution in [0.15, 0.2) is 42.5 Å². The van der Waals surface area contributed by atoms with E-state index < -0.39 is 5.82 Å². The summed E-state index contributed by atoms with van der Waals surface area (Å²) in [5, 5.41) is 0.385. The Balaban J connectivity index is 2.33. The van der Waals surface area contributed by atoms with Gasteiger partial charge in [-0.1, -0.05) is 17.7 Å². The molecule has 0 aliphatic heterocycles. The number of anilines is 2. The summed E-state index contributed by atoms with van der Waals surface area (Å²) in [5.41, 5.74) is 6.87. The van der Waals surface area contributed by atoms with Gasteiger partial charge < -0.3 is 10.6 Å². The van der Waals surface area contributed by atoms with E-state index in [-0.39, 0.29) is 5.91 Å². The minimum Gasteiger partial charge on any atom is -0.399 e. The van der Waals surface area contributed by atoms with Crippen molar-refractivity contribution in [1.82, 2.24) is 0 Å². The van der Waals surface area contributed by atoms with Gasteiger partial charge in [-0.05, 0) is 36.4 Å². The second-order valence-electron chi connectivity index (χ2n) is 4.12. The molecule has 2 aromatic rings. The van der Waals surface area contributed by atoms with Gasteiger partial charge in [0.2, 0.25) is 0 Å². The van der Waals surface area contributed by atoms with E-state index >= 15 is 0 Å². The van der Waals surface area contributed by atoms with Crippen LogP contribution in [0.5, 0.6) is 0 Å². The van der Waals surface area contributed by atoms with Crippen molar-refractivity contribution in [3.63, 3.8) is 0 Å². The van der Waals surface area contributed by atoms with Crippen molar-refractivity contribution in [1.29, 1.82) is 0 Å². The van der Waals surface area contributed by atoms with Gasteiger partial charge in [-0.25, -0.2) is 4.39 Å². The number of benzene rings is 2. The van der Waals surface area contributed by atoms with E-state index in [1.54, 1.807) is 25.2 Å². The molecule has 0 radical (unpaired) electrons. The van der Waals surface area contributed by atoms with Gasteiger partial charge in [-0.15, -0.1) is 0 Å². The van der Waals surface area contributed by atoms with Crippen molar-refractivity contribution in [3.8, 4) is 0 Å². The normalized spacial score (nSPS) is 10.3. The summed E-state index contributed by atoms with van der Waals surface area (Å²) < 4.78 is 13.1. The molecule has 0 unspecified atom stereocenters. The molecule has 0 saturated carbocycles. The first-order valence-electron chi connectivity index (χ1n) is 5.57. The second kappa shape index (κ2) is 5.28. The first kappa shape index (κ1) is 13.4. The van der Waals surface area contributed by atoms with Gasteiger partial charge >= 0.3 is 0 Å². The van der Waals surface area contributed by atoms with Crippen LogP contribution in [0.1, 0.15) is 10.4 Å². The lowest BCUT2D eigenvalue weighted by molar-refractivity contribution is 0.0993. The van der Waals surface area contributed by atoms with Gasteiger partial charge in [0.25, 0.3) is 5.91 Å². The highest BCUT2D eigenvalue weighted by molar-refractivity contribution is 6.31. The molecule has 3 nitrogen and oxygen atoms in total. The average Bonchev–Trinajstić information content (AvgIpc) is 2.36. The molecule has 19 heavy (non-hydrogen) atoms. The summed E-state index contributed by atoms with van der Waals surface area (Å²) in [6.45, 7) is 0. The van der Waals surface area contributed by atoms with E-state index in [0.717, 1.165) is 0 Å². The number of hydrogen-bond donors (Lipinski definition) is 1. The smallest absolute Gasteiger partial charge is 0.258 e. The molecule has 2 rings (SSSR count). The monoisotopic (exact) mass is 278 g/mol. The highest BCUT2D eigenvalue weighted by Crippen LogP contribution is 2.21. The summed E-state index contributed by atoms with van der Waals surface area (Å²) in [5.74, 6) is -0.706. The lowest BCUT2D eigenvalue weighted by atomic mass is 10.1. The molecular formula is C14H12ClFN2O. The molecule has 0 bridgehead atoms. The number of amides is 1. The predicted octanol–water partition coefficient (Wildman–Crippen LogP) is 3.34. The van der Waals surface area contributed by atoms with Gasteiger partial charge in [0, 0.05) is 29.0 Å². The Kier molecular flexibility index (Phi) is 3.71. The summed E-state index contributed by atoms with van der Waals surface area (Å²) in [6, 6.07) is 10.4. The number of rotatable bonds is 2. The van der Waals surface area contributed by atoms with Gasteiger partial charge in [0.05, 0.1) is 0 Å². The maximum atomic E-state index is 13.1. The topological polar surface area (TPSA) is 46.3 Å². The van der Waals surface area contributed by atoms with Crippen molar-refractivity contribution in [2.45, 2.75) is 0 Å². The van der Waals surface area contributed by atoms with E-state index in [2.05, 4.69) is 0 Å². The van der Waals surface area contributed by atoms with E-state index in [4.69, 9.17) is 17.3 Å². The molecule has 0 aliphatic rings. The van der Waals surface area contributed by atoms with Crippen molar-refractivity contribution in [2.75, 3.05) is 17.7 Å². The molecule has 0 saturated heterocycles. The standard InChI is InChI=1S/C14H12ClFN2O/c1-18(13-4-2-3-11(16)8-13)14(19)9-5-10(15)7-12(17)6-9/h2-8H,17H2,1H3. The minimum atomic E-state index is -0.400. The number of carbonyl (C=O) groups is 1. The number of halogens is 2. The van der Waals surface area contributed by atoms with Crippen LogP contribution in [-0.4, -0.2) is 13.0 Å².